The van der Waals surface area contributed by atoms with Crippen LogP contribution < -0.4 is 0 Å². The Bertz CT molecular complexity index is 820. The van der Waals surface area contributed by atoms with Crippen LogP contribution in [0.5, 0.6) is 0 Å². The Morgan fingerprint density at radius 2 is 2.19 bits per heavy atom. The fourth-order valence-electron chi connectivity index (χ4n) is 3.66. The first kappa shape index (κ1) is 17.5. The summed E-state index contributed by atoms with van der Waals surface area (Å²) in [5, 5.41) is 0. The molecule has 2 aromatic heterocycles. The van der Waals surface area contributed by atoms with Crippen LogP contribution in [0.25, 0.3) is 0 Å². The first-order valence-corrected chi connectivity index (χ1v) is 9.91. The first-order valence-electron chi connectivity index (χ1n) is 8.92. The molecule has 0 bridgehead atoms. The van der Waals surface area contributed by atoms with Gasteiger partial charge >= 0.3 is 0 Å². The zero-order chi connectivity index (χ0) is 18.1. The van der Waals surface area contributed by atoms with Crippen molar-refractivity contribution in [3.05, 3.63) is 59.2 Å². The van der Waals surface area contributed by atoms with Crippen molar-refractivity contribution in [1.29, 1.82) is 0 Å². The molecule has 0 radical (unpaired) electrons. The van der Waals surface area contributed by atoms with Gasteiger partial charge in [0.15, 0.2) is 0 Å². The molecule has 6 heteroatoms. The molecular weight excluding hydrogens is 346 g/mol. The normalized spacial score (nSPS) is 21.0. The van der Waals surface area contributed by atoms with Crippen molar-refractivity contribution >= 4 is 17.7 Å². The van der Waals surface area contributed by atoms with Gasteiger partial charge in [-0.25, -0.2) is 0 Å². The number of amides is 1. The number of hydrogen-bond donors (Lipinski definition) is 0. The molecule has 1 atom stereocenters. The number of aromatic nitrogens is 2. The van der Waals surface area contributed by atoms with Gasteiger partial charge in [0.2, 0.25) is 0 Å². The highest BCUT2D eigenvalue weighted by Crippen LogP contribution is 2.46. The molecule has 0 unspecified atom stereocenters. The van der Waals surface area contributed by atoms with Gasteiger partial charge in [-0.05, 0) is 44.0 Å². The molecule has 4 rings (SSSR count). The number of pyridine rings is 2. The summed E-state index contributed by atoms with van der Waals surface area (Å²) in [6.07, 6.45) is 4.66. The van der Waals surface area contributed by atoms with E-state index in [9.17, 15) is 4.79 Å². The molecule has 2 fully saturated rings. The Hall–Kier alpha value is -1.92. The van der Waals surface area contributed by atoms with E-state index in [2.05, 4.69) is 9.97 Å². The van der Waals surface area contributed by atoms with Crippen molar-refractivity contribution in [1.82, 2.24) is 14.9 Å². The molecular formula is C20H23N3O2S. The third-order valence-corrected chi connectivity index (χ3v) is 6.53. The molecule has 2 saturated heterocycles. The van der Waals surface area contributed by atoms with Gasteiger partial charge in [0, 0.05) is 36.9 Å². The number of rotatable bonds is 4. The van der Waals surface area contributed by atoms with Crippen LogP contribution in [0.2, 0.25) is 0 Å². The molecule has 5 nitrogen and oxygen atoms in total. The molecule has 0 aromatic carbocycles. The smallest absolute Gasteiger partial charge is 0.255 e. The van der Waals surface area contributed by atoms with Crippen LogP contribution in [0.1, 0.15) is 33.7 Å². The number of carbonyl (C=O) groups is 1. The molecule has 0 aliphatic carbocycles. The summed E-state index contributed by atoms with van der Waals surface area (Å²) in [5.74, 6) is 1.07. The molecule has 26 heavy (non-hydrogen) atoms. The Kier molecular flexibility index (Phi) is 4.71. The highest BCUT2D eigenvalue weighted by atomic mass is 32.2. The minimum Gasteiger partial charge on any atom is -0.371 e. The third-order valence-electron chi connectivity index (χ3n) is 4.96. The average Bonchev–Trinajstić information content (AvgIpc) is 3.03. The lowest BCUT2D eigenvalue weighted by molar-refractivity contribution is 0.0244. The Morgan fingerprint density at radius 3 is 2.96 bits per heavy atom. The highest BCUT2D eigenvalue weighted by molar-refractivity contribution is 8.01. The van der Waals surface area contributed by atoms with E-state index in [1.54, 1.807) is 12.4 Å². The highest BCUT2D eigenvalue weighted by Gasteiger charge is 2.51. The lowest BCUT2D eigenvalue weighted by Crippen LogP contribution is -2.60. The van der Waals surface area contributed by atoms with Crippen molar-refractivity contribution in [3.8, 4) is 0 Å². The number of nitrogens with zero attached hydrogens (tertiary/aromatic N) is 3. The van der Waals surface area contributed by atoms with Crippen molar-refractivity contribution < 1.29 is 9.53 Å². The molecule has 0 saturated carbocycles. The number of aryl methyl sites for hydroxylation is 2. The topological polar surface area (TPSA) is 55.3 Å². The van der Waals surface area contributed by atoms with E-state index in [1.165, 1.54) is 0 Å². The van der Waals surface area contributed by atoms with E-state index in [0.29, 0.717) is 12.2 Å². The summed E-state index contributed by atoms with van der Waals surface area (Å²) in [4.78, 5) is 23.1. The molecule has 4 heterocycles. The molecule has 1 amide bonds. The van der Waals surface area contributed by atoms with Crippen LogP contribution in [0, 0.1) is 13.8 Å². The standard InChI is InChI=1S/C20H23N3O2S/c1-14-6-16(9-21-8-14)19(24)23-12-20(13-23)7-18(11-26-20)25-10-17-5-3-4-15(2)22-17/h3-6,8-9,18H,7,10-13H2,1-2H3/t18-/m0/s1. The molecule has 2 aliphatic rings. The van der Waals surface area contributed by atoms with Crippen LogP contribution >= 0.6 is 11.8 Å². The van der Waals surface area contributed by atoms with E-state index >= 15 is 0 Å². The monoisotopic (exact) mass is 369 g/mol. The second kappa shape index (κ2) is 7.00. The van der Waals surface area contributed by atoms with Gasteiger partial charge in [-0.2, -0.15) is 0 Å². The summed E-state index contributed by atoms with van der Waals surface area (Å²) in [6.45, 7) is 6.10. The van der Waals surface area contributed by atoms with E-state index in [-0.39, 0.29) is 16.8 Å². The molecule has 136 valence electrons. The lowest BCUT2D eigenvalue weighted by atomic mass is 9.92. The van der Waals surface area contributed by atoms with Crippen LogP contribution in [0.15, 0.2) is 36.7 Å². The molecule has 0 N–H and O–H groups in total. The first-order chi connectivity index (χ1) is 12.5. The Balaban J connectivity index is 1.29. The van der Waals surface area contributed by atoms with Gasteiger partial charge in [-0.3, -0.25) is 14.8 Å². The quantitative estimate of drug-likeness (QED) is 0.829. The summed E-state index contributed by atoms with van der Waals surface area (Å²) in [6, 6.07) is 7.92. The Labute approximate surface area is 158 Å². The zero-order valence-electron chi connectivity index (χ0n) is 15.1. The third kappa shape index (κ3) is 3.62. The van der Waals surface area contributed by atoms with Crippen LogP contribution in [-0.2, 0) is 11.3 Å². The van der Waals surface area contributed by atoms with E-state index in [0.717, 1.165) is 42.2 Å². The van der Waals surface area contributed by atoms with Gasteiger partial charge in [0.05, 0.1) is 28.7 Å². The van der Waals surface area contributed by atoms with Gasteiger partial charge in [0.1, 0.15) is 0 Å². The largest absolute Gasteiger partial charge is 0.371 e. The van der Waals surface area contributed by atoms with Gasteiger partial charge in [0.25, 0.3) is 5.91 Å². The fourth-order valence-corrected chi connectivity index (χ4v) is 5.21. The second-order valence-electron chi connectivity index (χ2n) is 7.31. The summed E-state index contributed by atoms with van der Waals surface area (Å²) < 4.78 is 6.24. The molecule has 2 aromatic rings. The van der Waals surface area contributed by atoms with Gasteiger partial charge < -0.3 is 9.64 Å². The van der Waals surface area contributed by atoms with Crippen LogP contribution in [0.3, 0.4) is 0 Å². The Morgan fingerprint density at radius 1 is 1.35 bits per heavy atom. The maximum absolute atomic E-state index is 12.6. The lowest BCUT2D eigenvalue weighted by Gasteiger charge is -2.47. The summed E-state index contributed by atoms with van der Waals surface area (Å²) in [7, 11) is 0. The van der Waals surface area contributed by atoms with Gasteiger partial charge in [-0.1, -0.05) is 6.07 Å². The summed E-state index contributed by atoms with van der Waals surface area (Å²) in [5.41, 5.74) is 3.69. The SMILES string of the molecule is Cc1cncc(C(=O)N2CC3(C[C@H](OCc4cccc(C)n4)CS3)C2)c1. The summed E-state index contributed by atoms with van der Waals surface area (Å²) >= 11 is 1.94. The maximum atomic E-state index is 12.6. The zero-order valence-corrected chi connectivity index (χ0v) is 16.0. The van der Waals surface area contributed by atoms with Crippen molar-refractivity contribution in [2.75, 3.05) is 18.8 Å². The number of thioether (sulfide) groups is 1. The molecule has 2 aliphatic heterocycles. The number of ether oxygens (including phenoxy) is 1. The predicted octanol–water partition coefficient (Wildman–Crippen LogP) is 3.01. The van der Waals surface area contributed by atoms with Crippen molar-refractivity contribution in [2.45, 2.75) is 37.7 Å². The molecule has 1 spiro atoms. The number of hydrogen-bond acceptors (Lipinski definition) is 5. The fraction of sp³-hybridized carbons (Fsp3) is 0.450. The van der Waals surface area contributed by atoms with Crippen LogP contribution in [0.4, 0.5) is 0 Å². The minimum absolute atomic E-state index is 0.0840. The predicted molar refractivity (Wildman–Crippen MR) is 102 cm³/mol. The van der Waals surface area contributed by atoms with Crippen molar-refractivity contribution in [2.24, 2.45) is 0 Å². The minimum atomic E-state index is 0.0840. The maximum Gasteiger partial charge on any atom is 0.255 e. The number of likely N-dealkylation sites (tertiary alicyclic amines) is 1. The average molecular weight is 369 g/mol. The van der Waals surface area contributed by atoms with E-state index in [1.807, 2.05) is 54.8 Å². The van der Waals surface area contributed by atoms with Crippen LogP contribution in [-0.4, -0.2) is 50.5 Å². The number of carbonyl (C=O) groups excluding carboxylic acids is 1. The van der Waals surface area contributed by atoms with E-state index in [4.69, 9.17) is 4.74 Å². The van der Waals surface area contributed by atoms with Gasteiger partial charge in [-0.15, -0.1) is 11.8 Å². The van der Waals surface area contributed by atoms with Crippen molar-refractivity contribution in [3.63, 3.8) is 0 Å². The second-order valence-corrected chi connectivity index (χ2v) is 8.80. The van der Waals surface area contributed by atoms with E-state index < -0.39 is 0 Å².